The van der Waals surface area contributed by atoms with Gasteiger partial charge in [-0.3, -0.25) is 5.43 Å². The van der Waals surface area contributed by atoms with E-state index >= 15 is 0 Å². The van der Waals surface area contributed by atoms with Gasteiger partial charge in [0.25, 0.3) is 0 Å². The largest absolute Gasteiger partial charge is 0.331 e. The molecule has 1 radical (unpaired) electrons. The van der Waals surface area contributed by atoms with E-state index in [9.17, 15) is 0 Å². The second-order valence-corrected chi connectivity index (χ2v) is 2.68. The highest BCUT2D eigenvalue weighted by molar-refractivity contribution is 7.80. The molecule has 0 bridgehead atoms. The van der Waals surface area contributed by atoms with Gasteiger partial charge in [-0.15, -0.1) is 0 Å². The van der Waals surface area contributed by atoms with E-state index in [2.05, 4.69) is 22.1 Å². The molecule has 0 aliphatic heterocycles. The lowest BCUT2D eigenvalue weighted by Gasteiger charge is -2.05. The summed E-state index contributed by atoms with van der Waals surface area (Å²) >= 11 is 4.95. The molecule has 4 heteroatoms. The Balaban J connectivity index is 2.46. The van der Waals surface area contributed by atoms with Gasteiger partial charge >= 0.3 is 0 Å². The second kappa shape index (κ2) is 5.27. The van der Waals surface area contributed by atoms with Gasteiger partial charge in [0.1, 0.15) is 0 Å². The minimum absolute atomic E-state index is 0.459. The summed E-state index contributed by atoms with van der Waals surface area (Å²) in [5.74, 6) is 0. The number of anilines is 1. The Morgan fingerprint density at radius 1 is 1.38 bits per heavy atom. The van der Waals surface area contributed by atoms with Crippen LogP contribution >= 0.6 is 12.2 Å². The molecule has 0 spiro atoms. The maximum absolute atomic E-state index is 4.95. The molecular formula is C9H10N3S. The smallest absolute Gasteiger partial charge is 0.191 e. The number of hydrogen-bond donors (Lipinski definition) is 2. The standard InChI is InChI=1S/C9H10N3S/c1-2-10-12-9(13)11-8-6-4-3-5-7-8/h3-7H,1H3,(H2,11,12,13). The lowest BCUT2D eigenvalue weighted by molar-refractivity contribution is 1.05. The van der Waals surface area contributed by atoms with Gasteiger partial charge in [-0.25, -0.2) is 0 Å². The summed E-state index contributed by atoms with van der Waals surface area (Å²) in [5, 5.41) is 7.09. The molecule has 13 heavy (non-hydrogen) atoms. The van der Waals surface area contributed by atoms with Crippen molar-refractivity contribution in [1.82, 2.24) is 5.43 Å². The van der Waals surface area contributed by atoms with Gasteiger partial charge in [-0.05, 0) is 31.3 Å². The topological polar surface area (TPSA) is 36.4 Å². The fraction of sp³-hybridized carbons (Fsp3) is 0.111. The first-order chi connectivity index (χ1) is 6.33. The molecule has 0 saturated carbocycles. The number of rotatable bonds is 2. The molecule has 0 saturated heterocycles. The van der Waals surface area contributed by atoms with Crippen LogP contribution in [0.25, 0.3) is 0 Å². The van der Waals surface area contributed by atoms with Crippen molar-refractivity contribution in [2.45, 2.75) is 6.92 Å². The third-order valence-corrected chi connectivity index (χ3v) is 1.49. The van der Waals surface area contributed by atoms with Gasteiger partial charge in [-0.2, -0.15) is 5.10 Å². The van der Waals surface area contributed by atoms with Crippen molar-refractivity contribution in [2.75, 3.05) is 5.32 Å². The zero-order valence-electron chi connectivity index (χ0n) is 7.24. The molecular weight excluding hydrogens is 182 g/mol. The van der Waals surface area contributed by atoms with E-state index in [-0.39, 0.29) is 0 Å². The van der Waals surface area contributed by atoms with E-state index in [4.69, 9.17) is 12.2 Å². The Labute approximate surface area is 82.9 Å². The lowest BCUT2D eigenvalue weighted by Crippen LogP contribution is -2.23. The van der Waals surface area contributed by atoms with Crippen LogP contribution in [0.5, 0.6) is 0 Å². The molecule has 3 nitrogen and oxygen atoms in total. The molecule has 0 atom stereocenters. The minimum atomic E-state index is 0.459. The summed E-state index contributed by atoms with van der Waals surface area (Å²) in [5.41, 5.74) is 3.55. The van der Waals surface area contributed by atoms with E-state index in [1.54, 1.807) is 6.92 Å². The summed E-state index contributed by atoms with van der Waals surface area (Å²) < 4.78 is 0. The van der Waals surface area contributed by atoms with Crippen molar-refractivity contribution in [2.24, 2.45) is 5.10 Å². The zero-order valence-corrected chi connectivity index (χ0v) is 8.06. The van der Waals surface area contributed by atoms with Crippen molar-refractivity contribution in [3.05, 3.63) is 30.3 Å². The fourth-order valence-corrected chi connectivity index (χ4v) is 0.951. The summed E-state index contributed by atoms with van der Waals surface area (Å²) in [7, 11) is 0. The first-order valence-electron chi connectivity index (χ1n) is 3.81. The minimum Gasteiger partial charge on any atom is -0.331 e. The number of nitrogens with zero attached hydrogens (tertiary/aromatic N) is 1. The third kappa shape index (κ3) is 3.66. The SMILES string of the molecule is C/[C]=N\NC(=S)Nc1ccccc1. The van der Waals surface area contributed by atoms with Gasteiger partial charge in [0, 0.05) is 5.69 Å². The van der Waals surface area contributed by atoms with Gasteiger partial charge in [0.15, 0.2) is 5.11 Å². The Bertz CT molecular complexity index is 295. The summed E-state index contributed by atoms with van der Waals surface area (Å²) in [6, 6.07) is 9.65. The van der Waals surface area contributed by atoms with Crippen LogP contribution in [-0.4, -0.2) is 11.3 Å². The van der Waals surface area contributed by atoms with Gasteiger partial charge in [0.05, 0.1) is 6.21 Å². The van der Waals surface area contributed by atoms with Crippen LogP contribution in [-0.2, 0) is 0 Å². The molecule has 0 aliphatic rings. The van der Waals surface area contributed by atoms with E-state index in [0.29, 0.717) is 5.11 Å². The summed E-state index contributed by atoms with van der Waals surface area (Å²) in [6.45, 7) is 1.69. The van der Waals surface area contributed by atoms with Crippen molar-refractivity contribution in [3.8, 4) is 0 Å². The van der Waals surface area contributed by atoms with Crippen LogP contribution in [0.3, 0.4) is 0 Å². The van der Waals surface area contributed by atoms with Crippen LogP contribution in [0.1, 0.15) is 6.92 Å². The number of hydrazone groups is 1. The second-order valence-electron chi connectivity index (χ2n) is 2.27. The summed E-state index contributed by atoms with van der Waals surface area (Å²) in [4.78, 5) is 0. The molecule has 0 aliphatic carbocycles. The number of thiocarbonyl (C=S) groups is 1. The fourth-order valence-electron chi connectivity index (χ4n) is 0.787. The zero-order chi connectivity index (χ0) is 9.52. The molecule has 0 aromatic heterocycles. The van der Waals surface area contributed by atoms with Crippen LogP contribution < -0.4 is 10.7 Å². The van der Waals surface area contributed by atoms with Gasteiger partial charge in [-0.1, -0.05) is 18.2 Å². The first kappa shape index (κ1) is 9.67. The average molecular weight is 192 g/mol. The molecule has 0 heterocycles. The molecule has 0 fully saturated rings. The molecule has 1 aromatic carbocycles. The highest BCUT2D eigenvalue weighted by atomic mass is 32.1. The molecule has 0 unspecified atom stereocenters. The maximum Gasteiger partial charge on any atom is 0.191 e. The predicted molar refractivity (Wildman–Crippen MR) is 58.9 cm³/mol. The van der Waals surface area contributed by atoms with Crippen molar-refractivity contribution < 1.29 is 0 Å². The Morgan fingerprint density at radius 2 is 2.08 bits per heavy atom. The highest BCUT2D eigenvalue weighted by Gasteiger charge is 1.92. The van der Waals surface area contributed by atoms with E-state index < -0.39 is 0 Å². The molecule has 67 valence electrons. The third-order valence-electron chi connectivity index (χ3n) is 1.30. The van der Waals surface area contributed by atoms with Gasteiger partial charge in [0.2, 0.25) is 0 Å². The number of benzene rings is 1. The van der Waals surface area contributed by atoms with E-state index in [1.165, 1.54) is 0 Å². The Morgan fingerprint density at radius 3 is 2.69 bits per heavy atom. The maximum atomic E-state index is 4.95. The van der Waals surface area contributed by atoms with Crippen LogP contribution in [0, 0.1) is 0 Å². The molecule has 1 rings (SSSR count). The van der Waals surface area contributed by atoms with Crippen molar-refractivity contribution >= 4 is 29.2 Å². The number of para-hydroxylation sites is 1. The quantitative estimate of drug-likeness (QED) is 0.426. The average Bonchev–Trinajstić information content (AvgIpc) is 2.16. The monoisotopic (exact) mass is 192 g/mol. The Kier molecular flexibility index (Phi) is 3.92. The molecule has 1 aromatic rings. The number of hydrogen-bond acceptors (Lipinski definition) is 2. The molecule has 0 amide bonds. The first-order valence-corrected chi connectivity index (χ1v) is 4.22. The predicted octanol–water partition coefficient (Wildman–Crippen LogP) is 1.86. The van der Waals surface area contributed by atoms with Crippen molar-refractivity contribution in [1.29, 1.82) is 0 Å². The van der Waals surface area contributed by atoms with E-state index in [0.717, 1.165) is 5.69 Å². The van der Waals surface area contributed by atoms with Crippen molar-refractivity contribution in [3.63, 3.8) is 0 Å². The van der Waals surface area contributed by atoms with E-state index in [1.807, 2.05) is 30.3 Å². The van der Waals surface area contributed by atoms with Crippen LogP contribution in [0.2, 0.25) is 0 Å². The Hall–Kier alpha value is -1.42. The lowest BCUT2D eigenvalue weighted by atomic mass is 10.3. The normalized spacial score (nSPS) is 9.92. The highest BCUT2D eigenvalue weighted by Crippen LogP contribution is 2.03. The van der Waals surface area contributed by atoms with Crippen LogP contribution in [0.15, 0.2) is 35.4 Å². The summed E-state index contributed by atoms with van der Waals surface area (Å²) in [6.07, 6.45) is 2.57. The molecule has 2 N–H and O–H groups in total. The van der Waals surface area contributed by atoms with Crippen LogP contribution in [0.4, 0.5) is 5.69 Å². The van der Waals surface area contributed by atoms with Gasteiger partial charge < -0.3 is 5.32 Å². The number of nitrogens with one attached hydrogen (secondary N) is 2.